The molecule has 8 rings (SSSR count). The Morgan fingerprint density at radius 1 is 0.935 bits per heavy atom. The lowest BCUT2D eigenvalue weighted by molar-refractivity contribution is -0.145. The monoisotopic (exact) mass is 876 g/mol. The second kappa shape index (κ2) is 19.4. The molecule has 320 valence electrons. The summed E-state index contributed by atoms with van der Waals surface area (Å²) in [6.45, 7) is 7.46. The van der Waals surface area contributed by atoms with E-state index < -0.39 is 12.1 Å². The highest BCUT2D eigenvalue weighted by Gasteiger charge is 2.30. The molecule has 2 aliphatic rings. The van der Waals surface area contributed by atoms with Gasteiger partial charge in [0.15, 0.2) is 5.82 Å². The van der Waals surface area contributed by atoms with Gasteiger partial charge in [0, 0.05) is 62.2 Å². The van der Waals surface area contributed by atoms with Gasteiger partial charge in [-0.05, 0) is 79.1 Å². The van der Waals surface area contributed by atoms with Crippen LogP contribution in [-0.4, -0.2) is 100 Å². The number of piperazine rings is 1. The molecule has 1 fully saturated rings. The van der Waals surface area contributed by atoms with Gasteiger partial charge in [0.05, 0.1) is 28.8 Å². The summed E-state index contributed by atoms with van der Waals surface area (Å²) in [5.74, 6) is 0.924. The fourth-order valence-corrected chi connectivity index (χ4v) is 9.13. The minimum atomic E-state index is -1.36. The lowest BCUT2D eigenvalue weighted by atomic mass is 9.89. The van der Waals surface area contributed by atoms with Crippen LogP contribution in [0.3, 0.4) is 0 Å². The number of rotatable bonds is 16. The minimum Gasteiger partial charge on any atom is -0.496 e. The molecule has 1 atom stereocenters. The van der Waals surface area contributed by atoms with Crippen molar-refractivity contribution >= 4 is 44.7 Å². The van der Waals surface area contributed by atoms with Gasteiger partial charge in [0.25, 0.3) is 0 Å². The molecule has 6 aromatic rings. The van der Waals surface area contributed by atoms with Crippen LogP contribution in [0.15, 0.2) is 108 Å². The van der Waals surface area contributed by atoms with E-state index in [0.717, 1.165) is 71.2 Å². The van der Waals surface area contributed by atoms with Gasteiger partial charge < -0.3 is 29.0 Å². The Balaban J connectivity index is 1.08. The van der Waals surface area contributed by atoms with Crippen LogP contribution in [0, 0.1) is 5.82 Å². The van der Waals surface area contributed by atoms with Crippen molar-refractivity contribution in [1.29, 1.82) is 0 Å². The van der Waals surface area contributed by atoms with Gasteiger partial charge in [0.1, 0.15) is 47.4 Å². The highest BCUT2D eigenvalue weighted by molar-refractivity contribution is 7.22. The summed E-state index contributed by atoms with van der Waals surface area (Å²) in [6.07, 6.45) is 2.77. The number of para-hydroxylation sites is 2. The highest BCUT2D eigenvalue weighted by atomic mass is 35.5. The van der Waals surface area contributed by atoms with Gasteiger partial charge in [-0.2, -0.15) is 0 Å². The molecule has 4 heterocycles. The van der Waals surface area contributed by atoms with E-state index in [4.69, 9.17) is 35.5 Å². The normalized spacial score (nSPS) is 15.5. The molecule has 0 amide bonds. The zero-order valence-corrected chi connectivity index (χ0v) is 36.2. The van der Waals surface area contributed by atoms with E-state index in [1.54, 1.807) is 37.6 Å². The average molecular weight is 877 g/mol. The average Bonchev–Trinajstić information content (AvgIpc) is 3.68. The molecule has 12 nitrogen and oxygen atoms in total. The number of hydrogen-bond donors (Lipinski definition) is 1. The summed E-state index contributed by atoms with van der Waals surface area (Å²) in [7, 11) is 3.73. The number of benzene rings is 3. The number of halogens is 2. The first-order valence-corrected chi connectivity index (χ1v) is 21.6. The predicted molar refractivity (Wildman–Crippen MR) is 238 cm³/mol. The van der Waals surface area contributed by atoms with E-state index in [1.165, 1.54) is 29.8 Å². The van der Waals surface area contributed by atoms with Crippen molar-refractivity contribution in [3.05, 3.63) is 130 Å². The van der Waals surface area contributed by atoms with Crippen LogP contribution in [0.5, 0.6) is 17.4 Å². The first-order chi connectivity index (χ1) is 30.2. The van der Waals surface area contributed by atoms with Crippen molar-refractivity contribution in [1.82, 2.24) is 29.7 Å². The summed E-state index contributed by atoms with van der Waals surface area (Å²) in [6, 6.07) is 22.8. The van der Waals surface area contributed by atoms with Crippen LogP contribution < -0.4 is 14.2 Å². The minimum absolute atomic E-state index is 0.0390. The summed E-state index contributed by atoms with van der Waals surface area (Å²) in [5.41, 5.74) is 5.27. The number of hydrogen-bond acceptors (Lipinski definition) is 12. The van der Waals surface area contributed by atoms with Crippen molar-refractivity contribution in [2.75, 3.05) is 53.5 Å². The number of thiophene rings is 1. The highest BCUT2D eigenvalue weighted by Crippen LogP contribution is 2.49. The molecule has 0 spiro atoms. The molecule has 15 heteroatoms. The van der Waals surface area contributed by atoms with Crippen molar-refractivity contribution in [3.63, 3.8) is 0 Å². The summed E-state index contributed by atoms with van der Waals surface area (Å²) >= 11 is 8.51. The fourth-order valence-electron chi connectivity index (χ4n) is 7.70. The number of allylic oxidation sites excluding steroid dienone is 4. The molecule has 3 aromatic heterocycles. The van der Waals surface area contributed by atoms with E-state index in [2.05, 4.69) is 31.8 Å². The van der Waals surface area contributed by atoms with Gasteiger partial charge >= 0.3 is 5.97 Å². The Labute approximate surface area is 368 Å². The van der Waals surface area contributed by atoms with Crippen LogP contribution in [0.4, 0.5) is 4.39 Å². The molecule has 62 heavy (non-hydrogen) atoms. The van der Waals surface area contributed by atoms with E-state index in [9.17, 15) is 14.3 Å². The van der Waals surface area contributed by atoms with E-state index >= 15 is 0 Å². The SMILES string of the molecule is COc1ccccc1-c1nccc(COc2ccccc2C[C@@H](Oc2ncnc3sc(-c4ccc(F)cc4)c(C4=C(C)C(Cl)=C(OCCN5CCN(C)CC5)CC4)c23)C(=O)O)n1. The number of carboxylic acids is 1. The lowest BCUT2D eigenvalue weighted by Gasteiger charge is -2.32. The first-order valence-electron chi connectivity index (χ1n) is 20.4. The molecule has 1 aliphatic heterocycles. The van der Waals surface area contributed by atoms with Crippen LogP contribution in [-0.2, 0) is 22.6 Å². The summed E-state index contributed by atoms with van der Waals surface area (Å²) < 4.78 is 38.7. The van der Waals surface area contributed by atoms with Gasteiger partial charge in [-0.25, -0.2) is 29.1 Å². The number of carbonyl (C=O) groups is 1. The Kier molecular flexibility index (Phi) is 13.4. The zero-order valence-electron chi connectivity index (χ0n) is 34.6. The largest absolute Gasteiger partial charge is 0.496 e. The third-order valence-corrected chi connectivity index (χ3v) is 12.8. The molecule has 1 saturated heterocycles. The maximum Gasteiger partial charge on any atom is 0.345 e. The van der Waals surface area contributed by atoms with E-state index in [-0.39, 0.29) is 24.7 Å². The second-order valence-electron chi connectivity index (χ2n) is 15.1. The number of fused-ring (bicyclic) bond motifs is 1. The van der Waals surface area contributed by atoms with Crippen LogP contribution in [0.1, 0.15) is 36.6 Å². The molecule has 0 unspecified atom stereocenters. The van der Waals surface area contributed by atoms with Gasteiger partial charge in [-0.1, -0.05) is 54.1 Å². The molecule has 0 bridgehead atoms. The third kappa shape index (κ3) is 9.58. The molecule has 1 N–H and O–H groups in total. The Hall–Kier alpha value is -5.93. The number of methoxy groups -OCH3 is 1. The van der Waals surface area contributed by atoms with E-state index in [1.807, 2.05) is 49.4 Å². The van der Waals surface area contributed by atoms with Crippen molar-refractivity contribution in [2.45, 2.75) is 38.9 Å². The molecule has 1 aliphatic carbocycles. The molecule has 0 radical (unpaired) electrons. The number of likely N-dealkylation sites (N-methyl/N-ethyl adjacent to an activating group) is 1. The number of aliphatic carboxylic acids is 1. The summed E-state index contributed by atoms with van der Waals surface area (Å²) in [4.78, 5) is 37.4. The van der Waals surface area contributed by atoms with Crippen molar-refractivity contribution in [3.8, 4) is 39.2 Å². The Morgan fingerprint density at radius 2 is 1.69 bits per heavy atom. The topological polar surface area (TPSA) is 132 Å². The quantitative estimate of drug-likeness (QED) is 0.0996. The molecular weight excluding hydrogens is 831 g/mol. The maximum atomic E-state index is 14.2. The van der Waals surface area contributed by atoms with Gasteiger partial charge in [-0.3, -0.25) is 4.90 Å². The standard InChI is InChI=1S/C47H46ClFN6O6S/c1-29-34(16-17-38(42(29)48)59-25-24-55-22-20-54(2)21-23-55)40-41-45(51-28-52-46(41)62-43(40)30-12-14-32(49)15-13-30)61-39(47(56)57)26-31-8-4-6-10-36(31)60-27-33-18-19-50-44(53-33)35-9-5-7-11-37(35)58-3/h4-15,18-19,28,39H,16-17,20-27H2,1-3H3,(H,56,57)/t39-/m1/s1. The second-order valence-corrected chi connectivity index (χ2v) is 16.5. The maximum absolute atomic E-state index is 14.2. The molecule has 0 saturated carbocycles. The van der Waals surface area contributed by atoms with Gasteiger partial charge in [-0.15, -0.1) is 11.3 Å². The predicted octanol–water partition coefficient (Wildman–Crippen LogP) is 8.90. The zero-order chi connectivity index (χ0) is 43.2. The lowest BCUT2D eigenvalue weighted by Crippen LogP contribution is -2.45. The smallest absolute Gasteiger partial charge is 0.345 e. The molecular formula is C47H46ClFN6O6S. The van der Waals surface area contributed by atoms with Gasteiger partial charge in [0.2, 0.25) is 12.0 Å². The Morgan fingerprint density at radius 3 is 2.47 bits per heavy atom. The number of nitrogens with zero attached hydrogens (tertiary/aromatic N) is 6. The van der Waals surface area contributed by atoms with Crippen LogP contribution in [0.2, 0.25) is 0 Å². The first kappa shape index (κ1) is 42.7. The number of ether oxygens (including phenoxy) is 4. The molecule has 3 aromatic carbocycles. The fraction of sp³-hybridized carbons (Fsp3) is 0.298. The van der Waals surface area contributed by atoms with E-state index in [0.29, 0.717) is 63.3 Å². The van der Waals surface area contributed by atoms with Crippen LogP contribution in [0.25, 0.3) is 37.6 Å². The third-order valence-electron chi connectivity index (χ3n) is 11.1. The van der Waals surface area contributed by atoms with Crippen LogP contribution >= 0.6 is 22.9 Å². The Bertz CT molecular complexity index is 2630. The number of carboxylic acid groups (broad SMARTS) is 1. The summed E-state index contributed by atoms with van der Waals surface area (Å²) in [5, 5.41) is 11.7. The number of aromatic nitrogens is 4. The van der Waals surface area contributed by atoms with Crippen molar-refractivity contribution in [2.24, 2.45) is 0 Å². The van der Waals surface area contributed by atoms with Crippen molar-refractivity contribution < 1.29 is 33.2 Å².